The van der Waals surface area contributed by atoms with Crippen LogP contribution in [0.4, 0.5) is 0 Å². The van der Waals surface area contributed by atoms with Crippen molar-refractivity contribution in [3.63, 3.8) is 0 Å². The monoisotopic (exact) mass is 614 g/mol. The maximum atomic E-state index is 3.67. The predicted molar refractivity (Wildman–Crippen MR) is 124 cm³/mol. The van der Waals surface area contributed by atoms with Gasteiger partial charge in [0.05, 0.1) is 0 Å². The van der Waals surface area contributed by atoms with Crippen LogP contribution in [0.15, 0.2) is 0 Å². The van der Waals surface area contributed by atoms with Crippen LogP contribution in [0.2, 0.25) is 0 Å². The van der Waals surface area contributed by atoms with Crippen LogP contribution in [0, 0.1) is 59.2 Å². The van der Waals surface area contributed by atoms with Gasteiger partial charge < -0.3 is 50.3 Å². The van der Waals surface area contributed by atoms with Crippen molar-refractivity contribution in [3.8, 4) is 0 Å². The molecule has 0 heterocycles. The van der Waals surface area contributed by atoms with Crippen LogP contribution in [0.25, 0.3) is 0 Å². The van der Waals surface area contributed by atoms with Gasteiger partial charge in [0.15, 0.2) is 0 Å². The molecule has 0 amide bonds. The Bertz CT molecular complexity index is 201. The molecule has 0 spiro atoms. The third-order valence-corrected chi connectivity index (χ3v) is 8.29. The van der Waals surface area contributed by atoms with E-state index in [0.29, 0.717) is 0 Å². The summed E-state index contributed by atoms with van der Waals surface area (Å²) in [7, 11) is 0. The van der Waals surface area contributed by atoms with E-state index in [2.05, 4.69) is 92.6 Å². The molecule has 0 radical (unpaired) electrons. The summed E-state index contributed by atoms with van der Waals surface area (Å²) in [6.45, 7) is 24.0. The molecule has 0 bridgehead atoms. The largest absolute Gasteiger partial charge is 4.00 e. The average Bonchev–Trinajstić information content (AvgIpc) is 2.81. The quantitative estimate of drug-likeness (QED) is 0.147. The van der Waals surface area contributed by atoms with Crippen LogP contribution in [0.5, 0.6) is 0 Å². The van der Waals surface area contributed by atoms with E-state index in [4.69, 9.17) is 0 Å². The maximum absolute atomic E-state index is 3.67. The van der Waals surface area contributed by atoms with Crippen LogP contribution in [-0.4, -0.2) is 0 Å². The standard InChI is InChI=1S/2C10H20.2Ru.S2.2H2S/c2*1-6-7(2)9(4)10(5)8(6)3;;;1-2;;/h2*6-10H,1-5H3;;;;2*1H2/q;;+2;+4;-2;;/p-2. The van der Waals surface area contributed by atoms with Crippen LogP contribution in [-0.2, 0) is 89.3 Å². The topological polar surface area (TPSA) is 0 Å². The summed E-state index contributed by atoms with van der Waals surface area (Å²) >= 11 is 7.33. The summed E-state index contributed by atoms with van der Waals surface area (Å²) in [6.07, 6.45) is 0. The Morgan fingerprint density at radius 2 is 0.385 bits per heavy atom. The Kier molecular flexibility index (Phi) is 27.7. The van der Waals surface area contributed by atoms with Gasteiger partial charge in [0, 0.05) is 0 Å². The Labute approximate surface area is 216 Å². The molecule has 6 heteroatoms. The second-order valence-corrected chi connectivity index (χ2v) is 8.59. The molecule has 0 aliphatic heterocycles. The van der Waals surface area contributed by atoms with Gasteiger partial charge in [-0.05, 0) is 59.2 Å². The molecule has 0 aromatic heterocycles. The molecule has 0 unspecified atom stereocenters. The minimum absolute atomic E-state index is 0. The van der Waals surface area contributed by atoms with Crippen molar-refractivity contribution >= 4 is 50.3 Å². The number of rotatable bonds is 0. The second kappa shape index (κ2) is 18.4. The summed E-state index contributed by atoms with van der Waals surface area (Å²) in [6, 6.07) is 0. The summed E-state index contributed by atoms with van der Waals surface area (Å²) in [5, 5.41) is 0. The molecule has 26 heavy (non-hydrogen) atoms. The van der Waals surface area contributed by atoms with Gasteiger partial charge in [-0.15, -0.1) is 0 Å². The van der Waals surface area contributed by atoms with Gasteiger partial charge in [-0.25, -0.2) is 0 Å². The molecule has 2 aliphatic carbocycles. The molecular weight excluding hydrogens is 571 g/mol. The molecule has 2 saturated carbocycles. The zero-order valence-corrected chi connectivity index (χ0v) is 25.1. The smallest absolute Gasteiger partial charge is 1.00 e. The molecule has 0 atom stereocenters. The number of thiol groups is 2. The molecule has 0 N–H and O–H groups in total. The van der Waals surface area contributed by atoms with E-state index in [9.17, 15) is 0 Å². The van der Waals surface area contributed by atoms with E-state index >= 15 is 0 Å². The Hall–Kier alpha value is 2.65. The van der Waals surface area contributed by atoms with Crippen LogP contribution in [0.3, 0.4) is 0 Å². The summed E-state index contributed by atoms with van der Waals surface area (Å²) in [5.41, 5.74) is 0. The molecule has 0 nitrogen and oxygen atoms in total. The minimum atomic E-state index is 0. The second-order valence-electron chi connectivity index (χ2n) is 8.59. The van der Waals surface area contributed by atoms with Gasteiger partial charge in [-0.3, -0.25) is 0 Å². The molecule has 0 aromatic carbocycles. The Morgan fingerprint density at radius 1 is 0.346 bits per heavy atom. The third kappa shape index (κ3) is 9.64. The third-order valence-electron chi connectivity index (χ3n) is 8.29. The summed E-state index contributed by atoms with van der Waals surface area (Å²) < 4.78 is 0. The van der Waals surface area contributed by atoms with Gasteiger partial charge in [0.2, 0.25) is 0 Å². The minimum Gasteiger partial charge on any atom is -1.00 e. The molecule has 160 valence electrons. The van der Waals surface area contributed by atoms with Gasteiger partial charge in [-0.2, -0.15) is 0 Å². The maximum Gasteiger partial charge on any atom is 4.00 e. The van der Waals surface area contributed by atoms with Crippen LogP contribution >= 0.6 is 0 Å². The van der Waals surface area contributed by atoms with E-state index < -0.39 is 0 Å². The van der Waals surface area contributed by atoms with Crippen LogP contribution in [0.1, 0.15) is 69.2 Å². The average molecular weight is 613 g/mol. The molecular formula is C20H42Ru2S4+2. The number of hydrogen-bond donors (Lipinski definition) is 0. The van der Waals surface area contributed by atoms with Crippen molar-refractivity contribution in [2.75, 3.05) is 0 Å². The van der Waals surface area contributed by atoms with Crippen LogP contribution < -0.4 is 0 Å². The van der Waals surface area contributed by atoms with Crippen molar-refractivity contribution in [1.29, 1.82) is 0 Å². The van der Waals surface area contributed by atoms with Gasteiger partial charge in [0.1, 0.15) is 0 Å². The predicted octanol–water partition coefficient (Wildman–Crippen LogP) is 5.81. The first-order valence-electron chi connectivity index (χ1n) is 9.27. The SMILES string of the molecule is CC1C(C)C(C)C(C)C1C.CC1C(C)C(C)C(C)C1C.[Ru+2].[Ru+4].[S-][S-].[SH-].[SH-]. The molecule has 2 rings (SSSR count). The van der Waals surface area contributed by atoms with Crippen molar-refractivity contribution < 1.29 is 39.0 Å². The van der Waals surface area contributed by atoms with Gasteiger partial charge >= 0.3 is 39.0 Å². The van der Waals surface area contributed by atoms with Gasteiger partial charge in [0.25, 0.3) is 0 Å². The normalized spacial score (nSPS) is 42.9. The molecule has 0 aromatic rings. The van der Waals surface area contributed by atoms with Crippen molar-refractivity contribution in [2.45, 2.75) is 69.2 Å². The first kappa shape index (κ1) is 39.2. The first-order valence-corrected chi connectivity index (χ1v) is 10.6. The summed E-state index contributed by atoms with van der Waals surface area (Å²) in [4.78, 5) is 0. The molecule has 0 saturated heterocycles. The number of hydrogen-bond acceptors (Lipinski definition) is 4. The first-order chi connectivity index (χ1) is 10.1. The summed E-state index contributed by atoms with van der Waals surface area (Å²) in [5.74, 6) is 9.35. The van der Waals surface area contributed by atoms with E-state index in [0.717, 1.165) is 59.2 Å². The zero-order chi connectivity index (χ0) is 17.8. The molecule has 2 fully saturated rings. The van der Waals surface area contributed by atoms with E-state index in [-0.39, 0.29) is 65.9 Å². The fourth-order valence-corrected chi connectivity index (χ4v) is 4.79. The zero-order valence-electron chi connectivity index (χ0n) is 18.2. The van der Waals surface area contributed by atoms with E-state index in [1.165, 1.54) is 0 Å². The molecule has 2 aliphatic rings. The van der Waals surface area contributed by atoms with Crippen molar-refractivity contribution in [1.82, 2.24) is 0 Å². The Balaban J connectivity index is -0.0000000904. The van der Waals surface area contributed by atoms with Gasteiger partial charge in [-0.1, -0.05) is 69.2 Å². The van der Waals surface area contributed by atoms with Crippen molar-refractivity contribution in [2.24, 2.45) is 59.2 Å². The Morgan fingerprint density at radius 3 is 0.423 bits per heavy atom. The van der Waals surface area contributed by atoms with Crippen molar-refractivity contribution in [3.05, 3.63) is 0 Å². The fraction of sp³-hybridized carbons (Fsp3) is 1.00. The van der Waals surface area contributed by atoms with E-state index in [1.807, 2.05) is 0 Å². The fourth-order valence-electron chi connectivity index (χ4n) is 4.79. The van der Waals surface area contributed by atoms with E-state index in [1.54, 1.807) is 0 Å².